The molecular formula is C30H34O4. The van der Waals surface area contributed by atoms with E-state index in [-0.39, 0.29) is 34.2 Å². The average molecular weight is 459 g/mol. The minimum Gasteiger partial charge on any atom is -0.507 e. The Morgan fingerprint density at radius 3 is 2.68 bits per heavy atom. The summed E-state index contributed by atoms with van der Waals surface area (Å²) >= 11 is 0. The van der Waals surface area contributed by atoms with Crippen LogP contribution < -0.4 is 9.47 Å². The summed E-state index contributed by atoms with van der Waals surface area (Å²) in [7, 11) is 0. The van der Waals surface area contributed by atoms with Crippen molar-refractivity contribution in [3.8, 4) is 17.2 Å². The van der Waals surface area contributed by atoms with Crippen molar-refractivity contribution >= 4 is 11.9 Å². The number of aromatic hydroxyl groups is 1. The van der Waals surface area contributed by atoms with Crippen molar-refractivity contribution in [2.24, 2.45) is 5.92 Å². The summed E-state index contributed by atoms with van der Waals surface area (Å²) < 4.78 is 13.2. The zero-order valence-corrected chi connectivity index (χ0v) is 20.6. The van der Waals surface area contributed by atoms with Crippen LogP contribution in [0, 0.1) is 5.92 Å². The van der Waals surface area contributed by atoms with Crippen LogP contribution in [0.1, 0.15) is 87.2 Å². The highest BCUT2D eigenvalue weighted by Gasteiger charge is 2.56. The molecule has 1 fully saturated rings. The third-order valence-corrected chi connectivity index (χ3v) is 7.90. The summed E-state index contributed by atoms with van der Waals surface area (Å²) in [6, 6.07) is 11.3. The molecule has 1 aliphatic carbocycles. The van der Waals surface area contributed by atoms with Gasteiger partial charge in [-0.15, -0.1) is 0 Å². The summed E-state index contributed by atoms with van der Waals surface area (Å²) in [6.07, 6.45) is 10.3. The van der Waals surface area contributed by atoms with E-state index in [9.17, 15) is 9.90 Å². The number of carbonyl (C=O) groups excluding carboxylic acids is 1. The van der Waals surface area contributed by atoms with Gasteiger partial charge in [-0.05, 0) is 71.4 Å². The first-order valence-electron chi connectivity index (χ1n) is 12.4. The number of hydrogen-bond acceptors (Lipinski definition) is 4. The fourth-order valence-corrected chi connectivity index (χ4v) is 6.19. The number of carbonyl (C=O) groups is 1. The van der Waals surface area contributed by atoms with Gasteiger partial charge in [0.25, 0.3) is 0 Å². The molecule has 0 spiro atoms. The number of ether oxygens (including phenoxy) is 2. The minimum absolute atomic E-state index is 0.0786. The molecule has 4 nitrogen and oxygen atoms in total. The largest absolute Gasteiger partial charge is 0.507 e. The van der Waals surface area contributed by atoms with Gasteiger partial charge >= 0.3 is 0 Å². The van der Waals surface area contributed by atoms with Crippen molar-refractivity contribution in [3.63, 3.8) is 0 Å². The standard InChI is InChI=1S/C30H34O4/c1-19(2)9-8-15-30(4)22-14-16-29(3)18-21(22)26-25(33-30)17-24(32)27(28(26)34-29)23(31)13-12-20-10-6-5-7-11-20/h5-7,9-13,17,21-22,32H,8,14-16,18H2,1-4H3/b13-12+/t21-,22+,29-,30-/m1/s1. The number of benzene rings is 2. The van der Waals surface area contributed by atoms with Gasteiger partial charge in [0.15, 0.2) is 5.78 Å². The van der Waals surface area contributed by atoms with Crippen LogP contribution in [-0.4, -0.2) is 22.1 Å². The van der Waals surface area contributed by atoms with Crippen molar-refractivity contribution in [3.05, 3.63) is 70.8 Å². The maximum atomic E-state index is 13.3. The molecule has 2 bridgehead atoms. The molecule has 2 heterocycles. The molecule has 3 aliphatic rings. The number of allylic oxidation sites excluding steroid dienone is 3. The highest BCUT2D eigenvalue weighted by atomic mass is 16.5. The summed E-state index contributed by atoms with van der Waals surface area (Å²) in [4.78, 5) is 13.3. The van der Waals surface area contributed by atoms with Crippen LogP contribution in [0.4, 0.5) is 0 Å². The fourth-order valence-electron chi connectivity index (χ4n) is 6.19. The van der Waals surface area contributed by atoms with Crippen molar-refractivity contribution in [1.82, 2.24) is 0 Å². The van der Waals surface area contributed by atoms with E-state index >= 15 is 0 Å². The molecule has 0 aromatic heterocycles. The second kappa shape index (κ2) is 8.33. The summed E-state index contributed by atoms with van der Waals surface area (Å²) in [6.45, 7) is 8.60. The van der Waals surface area contributed by atoms with Gasteiger partial charge in [0, 0.05) is 23.5 Å². The van der Waals surface area contributed by atoms with Crippen molar-refractivity contribution < 1.29 is 19.4 Å². The molecule has 0 saturated heterocycles. The maximum Gasteiger partial charge on any atom is 0.193 e. The first kappa shape index (κ1) is 22.8. The van der Waals surface area contributed by atoms with E-state index in [2.05, 4.69) is 33.8 Å². The van der Waals surface area contributed by atoms with Crippen LogP contribution >= 0.6 is 0 Å². The Balaban J connectivity index is 1.56. The molecule has 2 aromatic carbocycles. The Morgan fingerprint density at radius 1 is 1.18 bits per heavy atom. The molecule has 178 valence electrons. The highest BCUT2D eigenvalue weighted by Crippen LogP contribution is 2.62. The average Bonchev–Trinajstić information content (AvgIpc) is 2.77. The second-order valence-electron chi connectivity index (χ2n) is 10.9. The second-order valence-corrected chi connectivity index (χ2v) is 10.9. The molecule has 5 rings (SSSR count). The number of rotatable bonds is 6. The monoisotopic (exact) mass is 458 g/mol. The molecular weight excluding hydrogens is 424 g/mol. The molecule has 1 N–H and O–H groups in total. The number of fused-ring (bicyclic) bond motifs is 1. The van der Waals surface area contributed by atoms with E-state index in [1.807, 2.05) is 30.3 Å². The molecule has 0 unspecified atom stereocenters. The van der Waals surface area contributed by atoms with E-state index in [0.717, 1.165) is 43.2 Å². The Bertz CT molecular complexity index is 1170. The number of ketones is 1. The molecule has 4 heteroatoms. The molecule has 0 radical (unpaired) electrons. The molecule has 34 heavy (non-hydrogen) atoms. The van der Waals surface area contributed by atoms with Crippen molar-refractivity contribution in [2.45, 2.75) is 76.9 Å². The van der Waals surface area contributed by atoms with Crippen LogP contribution in [0.2, 0.25) is 0 Å². The van der Waals surface area contributed by atoms with Gasteiger partial charge in [-0.2, -0.15) is 0 Å². The van der Waals surface area contributed by atoms with Crippen LogP contribution in [0.3, 0.4) is 0 Å². The van der Waals surface area contributed by atoms with E-state index < -0.39 is 0 Å². The Kier molecular flexibility index (Phi) is 5.58. The Morgan fingerprint density at radius 2 is 1.94 bits per heavy atom. The van der Waals surface area contributed by atoms with Gasteiger partial charge < -0.3 is 14.6 Å². The molecule has 2 aliphatic heterocycles. The SMILES string of the molecule is CC(C)=CCC[C@@]1(C)Oc2cc(O)c(C(=O)/C=C/c3ccccc3)c3c2[C@@H]2C[C@@](C)(CC[C@@H]21)O3. The predicted octanol–water partition coefficient (Wildman–Crippen LogP) is 7.22. The van der Waals surface area contributed by atoms with E-state index in [4.69, 9.17) is 9.47 Å². The molecule has 1 saturated carbocycles. The van der Waals surface area contributed by atoms with E-state index in [1.165, 1.54) is 11.6 Å². The lowest BCUT2D eigenvalue weighted by Crippen LogP contribution is -2.55. The molecule has 4 atom stereocenters. The highest BCUT2D eigenvalue weighted by molar-refractivity contribution is 6.11. The van der Waals surface area contributed by atoms with Gasteiger partial charge in [-0.25, -0.2) is 0 Å². The summed E-state index contributed by atoms with van der Waals surface area (Å²) in [5, 5.41) is 11.0. The summed E-state index contributed by atoms with van der Waals surface area (Å²) in [5.41, 5.74) is 2.81. The first-order valence-corrected chi connectivity index (χ1v) is 12.4. The maximum absolute atomic E-state index is 13.3. The van der Waals surface area contributed by atoms with Gasteiger partial charge in [0.1, 0.15) is 34.0 Å². The predicted molar refractivity (Wildman–Crippen MR) is 135 cm³/mol. The Labute approximate surface area is 202 Å². The number of hydrogen-bond donors (Lipinski definition) is 1. The molecule has 0 amide bonds. The Hall–Kier alpha value is -3.01. The van der Waals surface area contributed by atoms with Crippen molar-refractivity contribution in [1.29, 1.82) is 0 Å². The van der Waals surface area contributed by atoms with Crippen molar-refractivity contribution in [2.75, 3.05) is 0 Å². The smallest absolute Gasteiger partial charge is 0.193 e. The van der Waals surface area contributed by atoms with Gasteiger partial charge in [0.2, 0.25) is 0 Å². The van der Waals surface area contributed by atoms with Gasteiger partial charge in [-0.3, -0.25) is 4.79 Å². The van der Waals surface area contributed by atoms with Crippen LogP contribution in [0.25, 0.3) is 6.08 Å². The van der Waals surface area contributed by atoms with E-state index in [1.54, 1.807) is 12.1 Å². The lowest BCUT2D eigenvalue weighted by Gasteiger charge is -2.56. The quantitative estimate of drug-likeness (QED) is 0.282. The third-order valence-electron chi connectivity index (χ3n) is 7.90. The number of phenolic OH excluding ortho intramolecular Hbond substituents is 1. The van der Waals surface area contributed by atoms with Crippen LogP contribution in [-0.2, 0) is 0 Å². The lowest BCUT2D eigenvalue weighted by atomic mass is 9.60. The summed E-state index contributed by atoms with van der Waals surface area (Å²) in [5.74, 6) is 1.47. The first-order chi connectivity index (χ1) is 16.2. The molecule has 2 aromatic rings. The van der Waals surface area contributed by atoms with Gasteiger partial charge in [-0.1, -0.05) is 48.1 Å². The van der Waals surface area contributed by atoms with Crippen LogP contribution in [0.5, 0.6) is 17.2 Å². The fraction of sp³-hybridized carbons (Fsp3) is 0.433. The topological polar surface area (TPSA) is 55.8 Å². The third kappa shape index (κ3) is 3.93. The number of phenols is 1. The lowest BCUT2D eigenvalue weighted by molar-refractivity contribution is -0.0839. The van der Waals surface area contributed by atoms with E-state index in [0.29, 0.717) is 17.4 Å². The van der Waals surface area contributed by atoms with Gasteiger partial charge in [0.05, 0.1) is 0 Å². The zero-order valence-electron chi connectivity index (χ0n) is 20.6. The normalized spacial score (nSPS) is 28.7. The zero-order chi connectivity index (χ0) is 24.1. The minimum atomic E-state index is -0.338. The van der Waals surface area contributed by atoms with Crippen LogP contribution in [0.15, 0.2) is 54.1 Å².